The van der Waals surface area contributed by atoms with Gasteiger partial charge in [-0.05, 0) is 103 Å². The number of esters is 1. The van der Waals surface area contributed by atoms with Gasteiger partial charge in [0.05, 0.1) is 24.2 Å². The predicted octanol–water partition coefficient (Wildman–Crippen LogP) is 8.96. The molecule has 0 aliphatic carbocycles. The highest BCUT2D eigenvalue weighted by Crippen LogP contribution is 2.38. The van der Waals surface area contributed by atoms with Gasteiger partial charge in [-0.25, -0.2) is 4.98 Å². The van der Waals surface area contributed by atoms with Crippen LogP contribution < -0.4 is 0 Å². The minimum atomic E-state index is -4.62. The van der Waals surface area contributed by atoms with Gasteiger partial charge >= 0.3 is 12.1 Å². The first-order chi connectivity index (χ1) is 23.9. The summed E-state index contributed by atoms with van der Waals surface area (Å²) in [5.74, 6) is -0.0151. The lowest BCUT2D eigenvalue weighted by molar-refractivity contribution is -0.145. The van der Waals surface area contributed by atoms with E-state index in [2.05, 4.69) is 11.0 Å². The van der Waals surface area contributed by atoms with E-state index in [-0.39, 0.29) is 23.0 Å². The fraction of sp³-hybridized carbons (Fsp3) is 0.250. The minimum Gasteiger partial charge on any atom is -0.469 e. The zero-order chi connectivity index (χ0) is 35.7. The molecule has 4 aromatic carbocycles. The van der Waals surface area contributed by atoms with Gasteiger partial charge in [0.15, 0.2) is 5.58 Å². The Balaban J connectivity index is 1.32. The molecule has 1 fully saturated rings. The third kappa shape index (κ3) is 6.69. The molecule has 0 saturated carbocycles. The van der Waals surface area contributed by atoms with Gasteiger partial charge in [-0.15, -0.1) is 0 Å². The highest BCUT2D eigenvalue weighted by Gasteiger charge is 2.33. The summed E-state index contributed by atoms with van der Waals surface area (Å²) in [5, 5.41) is 9.97. The largest absolute Gasteiger partial charge is 0.469 e. The topological polar surface area (TPSA) is 96.4 Å². The molecule has 5 aromatic rings. The van der Waals surface area contributed by atoms with Crippen LogP contribution in [0.3, 0.4) is 0 Å². The van der Waals surface area contributed by atoms with Crippen LogP contribution >= 0.6 is 0 Å². The number of nitriles is 1. The smallest absolute Gasteiger partial charge is 0.417 e. The second kappa shape index (κ2) is 13.8. The van der Waals surface area contributed by atoms with E-state index < -0.39 is 11.7 Å². The number of hydrogen-bond acceptors (Lipinski definition) is 7. The number of nitrogens with zero attached hydrogens (tertiary/aromatic N) is 3. The van der Waals surface area contributed by atoms with Crippen molar-refractivity contribution in [2.75, 3.05) is 20.2 Å². The van der Waals surface area contributed by atoms with Gasteiger partial charge in [0, 0.05) is 24.2 Å². The molecule has 1 aliphatic rings. The van der Waals surface area contributed by atoms with Crippen molar-refractivity contribution in [3.05, 3.63) is 111 Å². The van der Waals surface area contributed by atoms with Crippen LogP contribution in [0.4, 0.5) is 13.2 Å². The number of alkyl halides is 3. The van der Waals surface area contributed by atoms with Crippen LogP contribution in [0.15, 0.2) is 65.1 Å². The number of fused-ring (bicyclic) bond motifs is 1. The van der Waals surface area contributed by atoms with Gasteiger partial charge in [0.25, 0.3) is 0 Å². The highest BCUT2D eigenvalue weighted by atomic mass is 19.4. The predicted molar refractivity (Wildman–Crippen MR) is 185 cm³/mol. The van der Waals surface area contributed by atoms with E-state index in [0.29, 0.717) is 47.5 Å². The average Bonchev–Trinajstić information content (AvgIpc) is 3.74. The van der Waals surface area contributed by atoms with Crippen molar-refractivity contribution >= 4 is 35.5 Å². The van der Waals surface area contributed by atoms with E-state index in [1.165, 1.54) is 19.3 Å². The fourth-order valence-electron chi connectivity index (χ4n) is 6.70. The standard InChI is InChI=1S/C40H34F3N3O4/c1-23-15-28(35(40(41,42)43)18-31(23)22-47)12-11-27-7-5-8-32(24(27)2)33-9-6-10-34(25(33)3)38-45-36-17-26(16-30(19-44)37(36)50-38)20-46-14-13-29(21-46)39(48)49-4/h5-12,15-18,22,29H,13-14,20-21H2,1-4H3/b12-11+/t29-/m1/s1. The van der Waals surface area contributed by atoms with Crippen LogP contribution in [0.25, 0.3) is 45.8 Å². The number of aromatic nitrogens is 1. The summed E-state index contributed by atoms with van der Waals surface area (Å²) in [6.07, 6.45) is -0.384. The Morgan fingerprint density at radius 3 is 2.40 bits per heavy atom. The number of rotatable bonds is 8. The molecule has 1 saturated heterocycles. The van der Waals surface area contributed by atoms with Crippen LogP contribution in [0, 0.1) is 38.0 Å². The van der Waals surface area contributed by atoms with Gasteiger partial charge in [-0.1, -0.05) is 48.6 Å². The summed E-state index contributed by atoms with van der Waals surface area (Å²) in [6, 6.07) is 19.6. The van der Waals surface area contributed by atoms with Crippen molar-refractivity contribution in [1.82, 2.24) is 9.88 Å². The number of hydrogen-bond donors (Lipinski definition) is 0. The summed E-state index contributed by atoms with van der Waals surface area (Å²) in [4.78, 5) is 30.3. The third-order valence-corrected chi connectivity index (χ3v) is 9.43. The molecule has 254 valence electrons. The zero-order valence-electron chi connectivity index (χ0n) is 28.0. The second-order valence-electron chi connectivity index (χ2n) is 12.6. The first kappa shape index (κ1) is 34.3. The van der Waals surface area contributed by atoms with Crippen LogP contribution in [0.1, 0.15) is 61.3 Å². The van der Waals surface area contributed by atoms with Gasteiger partial charge < -0.3 is 9.15 Å². The average molecular weight is 678 g/mol. The number of carbonyl (C=O) groups is 2. The monoisotopic (exact) mass is 677 g/mol. The molecule has 50 heavy (non-hydrogen) atoms. The van der Waals surface area contributed by atoms with E-state index in [1.807, 2.05) is 56.3 Å². The van der Waals surface area contributed by atoms with E-state index in [4.69, 9.17) is 14.1 Å². The normalized spacial score (nSPS) is 15.1. The lowest BCUT2D eigenvalue weighted by Crippen LogP contribution is -2.23. The first-order valence-corrected chi connectivity index (χ1v) is 16.1. The van der Waals surface area contributed by atoms with Crippen LogP contribution in [-0.2, 0) is 22.3 Å². The number of likely N-dealkylation sites (tertiary alicyclic amines) is 1. The van der Waals surface area contributed by atoms with Gasteiger partial charge in [0.2, 0.25) is 5.89 Å². The Labute approximate surface area is 287 Å². The van der Waals surface area contributed by atoms with E-state index >= 15 is 0 Å². The molecule has 1 atom stereocenters. The molecular formula is C40H34F3N3O4. The van der Waals surface area contributed by atoms with Crippen LogP contribution in [-0.4, -0.2) is 42.3 Å². The van der Waals surface area contributed by atoms with Crippen LogP contribution in [0.5, 0.6) is 0 Å². The maximum atomic E-state index is 13.9. The fourth-order valence-corrected chi connectivity index (χ4v) is 6.70. The van der Waals surface area contributed by atoms with Crippen molar-refractivity contribution in [1.29, 1.82) is 5.26 Å². The molecule has 2 heterocycles. The Morgan fingerprint density at radius 2 is 1.70 bits per heavy atom. The molecule has 0 unspecified atom stereocenters. The summed E-state index contributed by atoms with van der Waals surface area (Å²) in [6.45, 7) is 7.37. The Kier molecular flexibility index (Phi) is 9.45. The van der Waals surface area contributed by atoms with Gasteiger partial charge in [0.1, 0.15) is 17.9 Å². The maximum Gasteiger partial charge on any atom is 0.417 e. The summed E-state index contributed by atoms with van der Waals surface area (Å²) >= 11 is 0. The molecule has 7 nitrogen and oxygen atoms in total. The Morgan fingerprint density at radius 1 is 1.00 bits per heavy atom. The number of halogens is 3. The second-order valence-corrected chi connectivity index (χ2v) is 12.6. The minimum absolute atomic E-state index is 0.00322. The molecule has 0 amide bonds. The third-order valence-electron chi connectivity index (χ3n) is 9.43. The first-order valence-electron chi connectivity index (χ1n) is 16.1. The molecule has 0 bridgehead atoms. The number of oxazole rings is 1. The Hall–Kier alpha value is -5.53. The van der Waals surface area contributed by atoms with E-state index in [1.54, 1.807) is 19.1 Å². The lowest BCUT2D eigenvalue weighted by Gasteiger charge is -2.15. The van der Waals surface area contributed by atoms with Crippen LogP contribution in [0.2, 0.25) is 0 Å². The summed E-state index contributed by atoms with van der Waals surface area (Å²) in [7, 11) is 1.40. The van der Waals surface area contributed by atoms with Crippen molar-refractivity contribution < 1.29 is 31.9 Å². The van der Waals surface area contributed by atoms with Gasteiger partial charge in [-0.2, -0.15) is 18.4 Å². The SMILES string of the molecule is COC(=O)[C@@H]1CCN(Cc2cc(C#N)c3oc(-c4cccc(-c5cccc(/C=C/c6cc(C)c(C=O)cc6C(F)(F)F)c5C)c4C)nc3c2)C1. The molecule has 0 N–H and O–H groups in total. The zero-order valence-corrected chi connectivity index (χ0v) is 28.0. The molecule has 0 spiro atoms. The molecule has 1 aromatic heterocycles. The molecular weight excluding hydrogens is 643 g/mol. The highest BCUT2D eigenvalue weighted by molar-refractivity contribution is 5.86. The molecule has 0 radical (unpaired) electrons. The summed E-state index contributed by atoms with van der Waals surface area (Å²) in [5.41, 5.74) is 6.80. The maximum absolute atomic E-state index is 13.9. The van der Waals surface area contributed by atoms with Crippen molar-refractivity contribution in [2.24, 2.45) is 5.92 Å². The number of carbonyl (C=O) groups excluding carboxylic acids is 2. The molecule has 1 aliphatic heterocycles. The van der Waals surface area contributed by atoms with Crippen molar-refractivity contribution in [2.45, 2.75) is 39.9 Å². The number of aldehydes is 1. The number of benzene rings is 4. The summed E-state index contributed by atoms with van der Waals surface area (Å²) < 4.78 is 52.7. The van der Waals surface area contributed by atoms with Gasteiger partial charge in [-0.3, -0.25) is 14.5 Å². The van der Waals surface area contributed by atoms with Crippen molar-refractivity contribution in [3.63, 3.8) is 0 Å². The van der Waals surface area contributed by atoms with E-state index in [0.717, 1.165) is 58.0 Å². The molecule has 6 rings (SSSR count). The number of aryl methyl sites for hydroxylation is 1. The molecule has 10 heteroatoms. The van der Waals surface area contributed by atoms with Crippen molar-refractivity contribution in [3.8, 4) is 28.7 Å². The lowest BCUT2D eigenvalue weighted by atomic mass is 9.91. The Bertz CT molecular complexity index is 2210. The van der Waals surface area contributed by atoms with E-state index in [9.17, 15) is 28.0 Å². The number of ether oxygens (including phenoxy) is 1. The quantitative estimate of drug-likeness (QED) is 0.0919. The number of methoxy groups -OCH3 is 1.